The van der Waals surface area contributed by atoms with Gasteiger partial charge in [-0.25, -0.2) is 4.39 Å². The zero-order valence-corrected chi connectivity index (χ0v) is 11.9. The van der Waals surface area contributed by atoms with Crippen LogP contribution in [-0.4, -0.2) is 41.0 Å². The van der Waals surface area contributed by atoms with Crippen LogP contribution in [0.4, 0.5) is 4.39 Å². The minimum atomic E-state index is -0.656. The number of nitrogens with zero attached hydrogens (tertiary/aromatic N) is 1. The largest absolute Gasteiger partial charge is 0.384 e. The van der Waals surface area contributed by atoms with Gasteiger partial charge in [0.2, 0.25) is 5.91 Å². The number of benzene rings is 1. The van der Waals surface area contributed by atoms with Crippen molar-refractivity contribution in [2.45, 2.75) is 19.9 Å². The van der Waals surface area contributed by atoms with E-state index in [0.717, 1.165) is 6.07 Å². The van der Waals surface area contributed by atoms with E-state index in [0.29, 0.717) is 0 Å². The molecule has 0 aliphatic rings. The lowest BCUT2D eigenvalue weighted by molar-refractivity contribution is -0.119. The first kappa shape index (κ1) is 16.7. The molecule has 0 bridgehead atoms. The number of aliphatic hydroxyl groups is 1. The summed E-state index contributed by atoms with van der Waals surface area (Å²) in [6, 6.07) is 3.30. The minimum absolute atomic E-state index is 0.0332. The predicted octanol–water partition coefficient (Wildman–Crippen LogP) is 0.505. The zero-order chi connectivity index (χ0) is 16.0. The van der Waals surface area contributed by atoms with Gasteiger partial charge >= 0.3 is 0 Å². The van der Waals surface area contributed by atoms with Crippen LogP contribution in [0, 0.1) is 17.7 Å². The number of aliphatic hydroxyl groups excluding tert-OH is 1. The highest BCUT2D eigenvalue weighted by atomic mass is 19.1. The molecule has 6 heteroatoms. The van der Waals surface area contributed by atoms with Crippen molar-refractivity contribution in [3.63, 3.8) is 0 Å². The van der Waals surface area contributed by atoms with Gasteiger partial charge in [0, 0.05) is 11.6 Å². The molecule has 0 radical (unpaired) electrons. The Morgan fingerprint density at radius 1 is 1.43 bits per heavy atom. The summed E-state index contributed by atoms with van der Waals surface area (Å²) in [7, 11) is 0. The van der Waals surface area contributed by atoms with Gasteiger partial charge in [0.25, 0.3) is 5.91 Å². The molecule has 0 aliphatic carbocycles. The van der Waals surface area contributed by atoms with Crippen LogP contribution >= 0.6 is 0 Å². The van der Waals surface area contributed by atoms with Gasteiger partial charge < -0.3 is 15.7 Å². The Hall–Kier alpha value is -2.39. The maximum absolute atomic E-state index is 13.4. The summed E-state index contributed by atoms with van der Waals surface area (Å²) < 4.78 is 13.4. The van der Waals surface area contributed by atoms with Gasteiger partial charge in [0.1, 0.15) is 12.4 Å². The molecule has 1 rings (SSSR count). The van der Waals surface area contributed by atoms with Crippen molar-refractivity contribution in [3.05, 3.63) is 35.1 Å². The van der Waals surface area contributed by atoms with E-state index in [1.54, 1.807) is 13.8 Å². The molecule has 112 valence electrons. The molecule has 0 spiro atoms. The number of nitrogens with two attached hydrogens (primary N) is 1. The Kier molecular flexibility index (Phi) is 5.88. The van der Waals surface area contributed by atoms with E-state index < -0.39 is 17.6 Å². The first-order valence-corrected chi connectivity index (χ1v) is 6.35. The second kappa shape index (κ2) is 7.41. The smallest absolute Gasteiger partial charge is 0.255 e. The molecule has 0 atom stereocenters. The first-order chi connectivity index (χ1) is 9.86. The third-order valence-electron chi connectivity index (χ3n) is 2.72. The van der Waals surface area contributed by atoms with Crippen LogP contribution in [-0.2, 0) is 4.79 Å². The van der Waals surface area contributed by atoms with Crippen molar-refractivity contribution in [3.8, 4) is 11.8 Å². The van der Waals surface area contributed by atoms with Crippen LogP contribution in [0.3, 0.4) is 0 Å². The molecule has 0 heterocycles. The molecule has 0 aromatic heterocycles. The molecule has 0 saturated carbocycles. The molecule has 0 fully saturated rings. The Labute approximate surface area is 122 Å². The normalized spacial score (nSPS) is 9.95. The van der Waals surface area contributed by atoms with E-state index >= 15 is 0 Å². The van der Waals surface area contributed by atoms with Crippen molar-refractivity contribution < 1.29 is 19.1 Å². The summed E-state index contributed by atoms with van der Waals surface area (Å²) in [6.45, 7) is 2.80. The minimum Gasteiger partial charge on any atom is -0.384 e. The predicted molar refractivity (Wildman–Crippen MR) is 75.7 cm³/mol. The maximum Gasteiger partial charge on any atom is 0.255 e. The van der Waals surface area contributed by atoms with Crippen LogP contribution in [0.15, 0.2) is 18.2 Å². The summed E-state index contributed by atoms with van der Waals surface area (Å²) in [5.74, 6) is 3.22. The average Bonchev–Trinajstić information content (AvgIpc) is 2.42. The molecule has 0 saturated heterocycles. The van der Waals surface area contributed by atoms with Gasteiger partial charge in [-0.1, -0.05) is 11.8 Å². The lowest BCUT2D eigenvalue weighted by Crippen LogP contribution is -2.43. The van der Waals surface area contributed by atoms with E-state index in [1.165, 1.54) is 17.0 Å². The molecule has 21 heavy (non-hydrogen) atoms. The molecular formula is C15H17FN2O3. The van der Waals surface area contributed by atoms with E-state index in [-0.39, 0.29) is 30.3 Å². The standard InChI is InChI=1S/C15H17FN2O3/c1-10(2)18(9-14(17)20)15(21)13-8-12(16)6-5-11(13)4-3-7-19/h5-6,8,10,19H,7,9H2,1-2H3,(H2,17,20). The van der Waals surface area contributed by atoms with Gasteiger partial charge in [-0.3, -0.25) is 9.59 Å². The fourth-order valence-electron chi connectivity index (χ4n) is 1.75. The number of primary amides is 1. The van der Waals surface area contributed by atoms with Crippen molar-refractivity contribution >= 4 is 11.8 Å². The van der Waals surface area contributed by atoms with Crippen molar-refractivity contribution in [2.75, 3.05) is 13.2 Å². The van der Waals surface area contributed by atoms with Crippen LogP contribution in [0.25, 0.3) is 0 Å². The highest BCUT2D eigenvalue weighted by molar-refractivity contribution is 5.98. The molecule has 3 N–H and O–H groups in total. The van der Waals surface area contributed by atoms with E-state index in [4.69, 9.17) is 10.8 Å². The fourth-order valence-corrected chi connectivity index (χ4v) is 1.75. The topological polar surface area (TPSA) is 83.6 Å². The Morgan fingerprint density at radius 3 is 2.62 bits per heavy atom. The Balaban J connectivity index is 3.25. The average molecular weight is 292 g/mol. The van der Waals surface area contributed by atoms with E-state index in [9.17, 15) is 14.0 Å². The van der Waals surface area contributed by atoms with Gasteiger partial charge in [0.05, 0.1) is 12.1 Å². The molecular weight excluding hydrogens is 275 g/mol. The summed E-state index contributed by atoms with van der Waals surface area (Å²) in [5, 5.41) is 8.72. The third kappa shape index (κ3) is 4.58. The molecule has 1 aromatic carbocycles. The van der Waals surface area contributed by atoms with Crippen molar-refractivity contribution in [2.24, 2.45) is 5.73 Å². The molecule has 0 aliphatic heterocycles. The summed E-state index contributed by atoms with van der Waals surface area (Å²) in [4.78, 5) is 24.8. The zero-order valence-electron chi connectivity index (χ0n) is 11.9. The van der Waals surface area contributed by atoms with Crippen molar-refractivity contribution in [1.29, 1.82) is 0 Å². The Bertz CT molecular complexity index is 603. The molecule has 1 aromatic rings. The number of hydrogen-bond acceptors (Lipinski definition) is 3. The maximum atomic E-state index is 13.4. The quantitative estimate of drug-likeness (QED) is 0.793. The van der Waals surface area contributed by atoms with Crippen LogP contribution in [0.2, 0.25) is 0 Å². The number of carbonyl (C=O) groups excluding carboxylic acids is 2. The number of rotatable bonds is 4. The van der Waals surface area contributed by atoms with Crippen LogP contribution < -0.4 is 5.73 Å². The first-order valence-electron chi connectivity index (χ1n) is 6.35. The van der Waals surface area contributed by atoms with Gasteiger partial charge in [-0.05, 0) is 32.0 Å². The highest BCUT2D eigenvalue weighted by Gasteiger charge is 2.23. The number of carbonyl (C=O) groups is 2. The molecule has 5 nitrogen and oxygen atoms in total. The summed E-state index contributed by atoms with van der Waals surface area (Å²) in [5.41, 5.74) is 5.44. The van der Waals surface area contributed by atoms with Crippen LogP contribution in [0.1, 0.15) is 29.8 Å². The number of halogens is 1. The molecule has 2 amide bonds. The van der Waals surface area contributed by atoms with E-state index in [1.807, 2.05) is 0 Å². The van der Waals surface area contributed by atoms with Gasteiger partial charge in [0.15, 0.2) is 0 Å². The summed E-state index contributed by atoms with van der Waals surface area (Å²) >= 11 is 0. The van der Waals surface area contributed by atoms with Gasteiger partial charge in [-0.2, -0.15) is 0 Å². The lowest BCUT2D eigenvalue weighted by atomic mass is 10.1. The lowest BCUT2D eigenvalue weighted by Gasteiger charge is -2.25. The second-order valence-electron chi connectivity index (χ2n) is 4.64. The van der Waals surface area contributed by atoms with E-state index in [2.05, 4.69) is 11.8 Å². The SMILES string of the molecule is CC(C)N(CC(N)=O)C(=O)c1cc(F)ccc1C#CCO. The fraction of sp³-hybridized carbons (Fsp3) is 0.333. The monoisotopic (exact) mass is 292 g/mol. The summed E-state index contributed by atoms with van der Waals surface area (Å²) in [6.07, 6.45) is 0. The number of hydrogen-bond donors (Lipinski definition) is 2. The van der Waals surface area contributed by atoms with Crippen molar-refractivity contribution in [1.82, 2.24) is 4.90 Å². The Morgan fingerprint density at radius 2 is 2.10 bits per heavy atom. The third-order valence-corrected chi connectivity index (χ3v) is 2.72. The second-order valence-corrected chi connectivity index (χ2v) is 4.64. The van der Waals surface area contributed by atoms with Gasteiger partial charge in [-0.15, -0.1) is 0 Å². The molecule has 0 unspecified atom stereocenters. The highest BCUT2D eigenvalue weighted by Crippen LogP contribution is 2.15. The number of amides is 2. The van der Waals surface area contributed by atoms with Crippen LogP contribution in [0.5, 0.6) is 0 Å².